The van der Waals surface area contributed by atoms with Crippen LogP contribution in [0.5, 0.6) is 0 Å². The van der Waals surface area contributed by atoms with Gasteiger partial charge in [0.1, 0.15) is 5.82 Å². The molecule has 1 aromatic rings. The molecule has 2 heterocycles. The van der Waals surface area contributed by atoms with Gasteiger partial charge in [-0.2, -0.15) is 0 Å². The van der Waals surface area contributed by atoms with Gasteiger partial charge in [0, 0.05) is 24.8 Å². The second kappa shape index (κ2) is 6.98. The van der Waals surface area contributed by atoms with Crippen molar-refractivity contribution in [2.45, 2.75) is 33.1 Å². The molecule has 6 heteroatoms. The van der Waals surface area contributed by atoms with Crippen molar-refractivity contribution in [3.05, 3.63) is 22.8 Å². The number of hydrogen-bond donors (Lipinski definition) is 2. The van der Waals surface area contributed by atoms with Crippen molar-refractivity contribution in [3.8, 4) is 0 Å². The number of hydrogen-bond acceptors (Lipinski definition) is 4. The van der Waals surface area contributed by atoms with Crippen LogP contribution in [-0.2, 0) is 0 Å². The molecular weight excluding hydrogens is 288 g/mol. The van der Waals surface area contributed by atoms with Gasteiger partial charge in [-0.15, -0.1) is 0 Å². The lowest BCUT2D eigenvalue weighted by atomic mass is 9.89. The molecule has 1 aliphatic heterocycles. The molecule has 1 atom stereocenters. The maximum Gasteiger partial charge on any atom is 0.171 e. The van der Waals surface area contributed by atoms with E-state index in [4.69, 9.17) is 22.5 Å². The molecule has 0 bridgehead atoms. The molecule has 21 heavy (non-hydrogen) atoms. The fourth-order valence-electron chi connectivity index (χ4n) is 2.91. The Morgan fingerprint density at radius 2 is 2.24 bits per heavy atom. The highest BCUT2D eigenvalue weighted by atomic mass is 35.5. The Morgan fingerprint density at radius 3 is 2.90 bits per heavy atom. The quantitative estimate of drug-likeness (QED) is 0.389. The molecule has 1 aliphatic rings. The topological polar surface area (TPSA) is 74.7 Å². The monoisotopic (exact) mass is 310 g/mol. The Balaban J connectivity index is 2.22. The molecule has 2 rings (SSSR count). The van der Waals surface area contributed by atoms with Crippen LogP contribution in [0.25, 0.3) is 0 Å². The summed E-state index contributed by atoms with van der Waals surface area (Å²) in [4.78, 5) is 6.60. The maximum absolute atomic E-state index is 8.82. The Bertz CT molecular complexity index is 518. The van der Waals surface area contributed by atoms with Gasteiger partial charge in [0.25, 0.3) is 0 Å². The highest BCUT2D eigenvalue weighted by Crippen LogP contribution is 2.31. The summed E-state index contributed by atoms with van der Waals surface area (Å²) >= 11 is 6.39. The number of aromatic nitrogens is 1. The molecule has 1 fully saturated rings. The van der Waals surface area contributed by atoms with Crippen LogP contribution in [0, 0.1) is 11.8 Å². The summed E-state index contributed by atoms with van der Waals surface area (Å²) in [6, 6.07) is 1.66. The summed E-state index contributed by atoms with van der Waals surface area (Å²) in [5.41, 5.74) is 6.18. The van der Waals surface area contributed by atoms with Crippen molar-refractivity contribution in [1.29, 1.82) is 0 Å². The van der Waals surface area contributed by atoms with E-state index >= 15 is 0 Å². The number of amidine groups is 1. The van der Waals surface area contributed by atoms with E-state index in [2.05, 4.69) is 28.9 Å². The third-order valence-corrected chi connectivity index (χ3v) is 4.64. The Hall–Kier alpha value is -1.49. The van der Waals surface area contributed by atoms with Gasteiger partial charge in [0.2, 0.25) is 0 Å². The SMILES string of the molecule is CC(C)C1CCCN(c2nccc(/C(N)=N/O)c2Cl)CC1. The number of nitrogens with zero attached hydrogens (tertiary/aromatic N) is 3. The largest absolute Gasteiger partial charge is 0.409 e. The number of rotatable bonds is 3. The van der Waals surface area contributed by atoms with Gasteiger partial charge >= 0.3 is 0 Å². The van der Waals surface area contributed by atoms with E-state index in [-0.39, 0.29) is 5.84 Å². The van der Waals surface area contributed by atoms with Gasteiger partial charge in [-0.25, -0.2) is 4.98 Å². The maximum atomic E-state index is 8.82. The van der Waals surface area contributed by atoms with Crippen molar-refractivity contribution in [1.82, 2.24) is 4.98 Å². The lowest BCUT2D eigenvalue weighted by molar-refractivity contribution is 0.318. The van der Waals surface area contributed by atoms with Gasteiger partial charge in [-0.3, -0.25) is 0 Å². The van der Waals surface area contributed by atoms with Crippen molar-refractivity contribution >= 4 is 23.3 Å². The lowest BCUT2D eigenvalue weighted by Crippen LogP contribution is -2.27. The number of pyridine rings is 1. The standard InChI is InChI=1S/C15H23ClN4O/c1-10(2)11-4-3-8-20(9-6-11)15-13(16)12(5-7-18-15)14(17)19-21/h5,7,10-11,21H,3-4,6,8-9H2,1-2H3,(H2,17,19). The van der Waals surface area contributed by atoms with Crippen LogP contribution in [-0.4, -0.2) is 29.1 Å². The van der Waals surface area contributed by atoms with E-state index in [0.717, 1.165) is 37.7 Å². The zero-order valence-corrected chi connectivity index (χ0v) is 13.3. The predicted molar refractivity (Wildman–Crippen MR) is 86.1 cm³/mol. The van der Waals surface area contributed by atoms with Gasteiger partial charge in [-0.05, 0) is 37.2 Å². The first-order valence-electron chi connectivity index (χ1n) is 7.42. The molecular formula is C15H23ClN4O. The number of oxime groups is 1. The van der Waals surface area contributed by atoms with Crippen LogP contribution in [0.4, 0.5) is 5.82 Å². The highest BCUT2D eigenvalue weighted by Gasteiger charge is 2.22. The molecule has 0 saturated carbocycles. The third kappa shape index (κ3) is 3.59. The molecule has 0 amide bonds. The average molecular weight is 311 g/mol. The van der Waals surface area contributed by atoms with Crippen LogP contribution in [0.15, 0.2) is 17.4 Å². The highest BCUT2D eigenvalue weighted by molar-refractivity contribution is 6.36. The summed E-state index contributed by atoms with van der Waals surface area (Å²) in [7, 11) is 0. The first kappa shape index (κ1) is 15.9. The molecule has 3 N–H and O–H groups in total. The minimum absolute atomic E-state index is 0.0125. The van der Waals surface area contributed by atoms with Gasteiger partial charge in [0.05, 0.1) is 5.02 Å². The van der Waals surface area contributed by atoms with Crippen molar-refractivity contribution in [2.75, 3.05) is 18.0 Å². The van der Waals surface area contributed by atoms with Crippen LogP contribution < -0.4 is 10.6 Å². The van der Waals surface area contributed by atoms with E-state index in [0.29, 0.717) is 16.5 Å². The summed E-state index contributed by atoms with van der Waals surface area (Å²) < 4.78 is 0. The molecule has 0 aliphatic carbocycles. The normalized spacial score (nSPS) is 20.7. The van der Waals surface area contributed by atoms with Crippen LogP contribution >= 0.6 is 11.6 Å². The van der Waals surface area contributed by atoms with E-state index < -0.39 is 0 Å². The third-order valence-electron chi connectivity index (χ3n) is 4.27. The van der Waals surface area contributed by atoms with Crippen LogP contribution in [0.2, 0.25) is 5.02 Å². The minimum atomic E-state index is 0.0125. The second-order valence-corrected chi connectivity index (χ2v) is 6.28. The zero-order valence-electron chi connectivity index (χ0n) is 12.6. The van der Waals surface area contributed by atoms with E-state index in [1.807, 2.05) is 0 Å². The molecule has 1 aromatic heterocycles. The lowest BCUT2D eigenvalue weighted by Gasteiger charge is -2.24. The minimum Gasteiger partial charge on any atom is -0.409 e. The van der Waals surface area contributed by atoms with Gasteiger partial charge in [0.15, 0.2) is 5.84 Å². The Kier molecular flexibility index (Phi) is 5.28. The number of nitrogens with two attached hydrogens (primary N) is 1. The average Bonchev–Trinajstić information content (AvgIpc) is 2.72. The second-order valence-electron chi connectivity index (χ2n) is 5.90. The van der Waals surface area contributed by atoms with E-state index in [1.54, 1.807) is 12.3 Å². The van der Waals surface area contributed by atoms with Crippen LogP contribution in [0.1, 0.15) is 38.7 Å². The first-order valence-corrected chi connectivity index (χ1v) is 7.79. The van der Waals surface area contributed by atoms with Gasteiger partial charge < -0.3 is 15.8 Å². The number of halogens is 1. The predicted octanol–water partition coefficient (Wildman–Crippen LogP) is 3.09. The fourth-order valence-corrected chi connectivity index (χ4v) is 3.23. The fraction of sp³-hybridized carbons (Fsp3) is 0.600. The Morgan fingerprint density at radius 1 is 1.48 bits per heavy atom. The molecule has 5 nitrogen and oxygen atoms in total. The van der Waals surface area contributed by atoms with Crippen LogP contribution in [0.3, 0.4) is 0 Å². The molecule has 0 spiro atoms. The summed E-state index contributed by atoms with van der Waals surface area (Å²) in [5, 5.41) is 12.3. The molecule has 1 unspecified atom stereocenters. The van der Waals surface area contributed by atoms with E-state index in [1.165, 1.54) is 6.42 Å². The first-order chi connectivity index (χ1) is 10.0. The Labute approximate surface area is 130 Å². The number of anilines is 1. The summed E-state index contributed by atoms with van der Waals surface area (Å²) in [6.07, 6.45) is 5.17. The van der Waals surface area contributed by atoms with Crippen molar-refractivity contribution in [2.24, 2.45) is 22.7 Å². The molecule has 1 saturated heterocycles. The summed E-state index contributed by atoms with van der Waals surface area (Å²) in [5.74, 6) is 2.20. The molecule has 0 radical (unpaired) electrons. The molecule has 116 valence electrons. The van der Waals surface area contributed by atoms with Crippen molar-refractivity contribution in [3.63, 3.8) is 0 Å². The summed E-state index contributed by atoms with van der Waals surface area (Å²) in [6.45, 7) is 6.44. The zero-order chi connectivity index (χ0) is 15.4. The molecule has 0 aromatic carbocycles. The smallest absolute Gasteiger partial charge is 0.171 e. The van der Waals surface area contributed by atoms with Gasteiger partial charge in [-0.1, -0.05) is 30.6 Å². The van der Waals surface area contributed by atoms with Crippen molar-refractivity contribution < 1.29 is 5.21 Å². The van der Waals surface area contributed by atoms with E-state index in [9.17, 15) is 0 Å².